The van der Waals surface area contributed by atoms with Gasteiger partial charge in [0.15, 0.2) is 5.88 Å². The summed E-state index contributed by atoms with van der Waals surface area (Å²) < 4.78 is 4.87. The summed E-state index contributed by atoms with van der Waals surface area (Å²) >= 11 is 5.51. The van der Waals surface area contributed by atoms with E-state index in [1.54, 1.807) is 13.1 Å². The van der Waals surface area contributed by atoms with Crippen molar-refractivity contribution in [2.45, 2.75) is 13.8 Å². The molecule has 0 amide bonds. The lowest BCUT2D eigenvalue weighted by Crippen LogP contribution is -1.81. The largest absolute Gasteiger partial charge is 0.447 e. The Bertz CT molecular complexity index is 174. The molecular formula is C7H12ClNO. The summed E-state index contributed by atoms with van der Waals surface area (Å²) in [6, 6.07) is 1.71. The number of halogens is 1. The fraction of sp³-hybridized carbons (Fsp3) is 0.429. The van der Waals surface area contributed by atoms with E-state index >= 15 is 0 Å². The Morgan fingerprint density at radius 2 is 2.10 bits per heavy atom. The SMILES string of the molecule is CC.CNc1cc(Cl)co1. The Kier molecular flexibility index (Phi) is 4.85. The van der Waals surface area contributed by atoms with E-state index in [4.69, 9.17) is 16.0 Å². The smallest absolute Gasteiger partial charge is 0.193 e. The highest BCUT2D eigenvalue weighted by Crippen LogP contribution is 2.16. The van der Waals surface area contributed by atoms with E-state index in [1.807, 2.05) is 13.8 Å². The summed E-state index contributed by atoms with van der Waals surface area (Å²) in [4.78, 5) is 0. The van der Waals surface area contributed by atoms with Gasteiger partial charge in [0.1, 0.15) is 6.26 Å². The van der Waals surface area contributed by atoms with Gasteiger partial charge in [-0.15, -0.1) is 0 Å². The zero-order valence-corrected chi connectivity index (χ0v) is 7.20. The molecule has 1 aromatic rings. The van der Waals surface area contributed by atoms with Gasteiger partial charge in [-0.05, 0) is 0 Å². The summed E-state index contributed by atoms with van der Waals surface area (Å²) in [5, 5.41) is 3.42. The van der Waals surface area contributed by atoms with Crippen molar-refractivity contribution in [3.05, 3.63) is 17.4 Å². The van der Waals surface area contributed by atoms with Crippen LogP contribution in [0.1, 0.15) is 13.8 Å². The molecule has 2 nitrogen and oxygen atoms in total. The van der Waals surface area contributed by atoms with Crippen LogP contribution in [0, 0.1) is 0 Å². The second-order valence-electron chi connectivity index (χ2n) is 1.38. The van der Waals surface area contributed by atoms with Crippen molar-refractivity contribution < 1.29 is 4.42 Å². The highest BCUT2D eigenvalue weighted by atomic mass is 35.5. The van der Waals surface area contributed by atoms with Gasteiger partial charge >= 0.3 is 0 Å². The van der Waals surface area contributed by atoms with Gasteiger partial charge < -0.3 is 9.73 Å². The number of anilines is 1. The van der Waals surface area contributed by atoms with Crippen molar-refractivity contribution in [3.8, 4) is 0 Å². The molecule has 0 aliphatic carbocycles. The normalized spacial score (nSPS) is 8.00. The van der Waals surface area contributed by atoms with Crippen LogP contribution in [0.2, 0.25) is 5.02 Å². The molecule has 0 spiro atoms. The molecule has 0 fully saturated rings. The predicted octanol–water partition coefficient (Wildman–Crippen LogP) is 3.00. The van der Waals surface area contributed by atoms with Gasteiger partial charge in [0.2, 0.25) is 0 Å². The van der Waals surface area contributed by atoms with Gasteiger partial charge in [0.25, 0.3) is 0 Å². The molecule has 0 unspecified atom stereocenters. The van der Waals surface area contributed by atoms with Crippen LogP contribution in [-0.4, -0.2) is 7.05 Å². The molecule has 3 heteroatoms. The van der Waals surface area contributed by atoms with Gasteiger partial charge in [0.05, 0.1) is 5.02 Å². The van der Waals surface area contributed by atoms with E-state index in [0.717, 1.165) is 0 Å². The molecule has 1 rings (SSSR count). The summed E-state index contributed by atoms with van der Waals surface area (Å²) in [7, 11) is 1.77. The minimum atomic E-state index is 0.620. The summed E-state index contributed by atoms with van der Waals surface area (Å²) in [5.74, 6) is 0.690. The van der Waals surface area contributed by atoms with Crippen molar-refractivity contribution in [2.75, 3.05) is 12.4 Å². The number of hydrogen-bond acceptors (Lipinski definition) is 2. The fourth-order valence-corrected chi connectivity index (χ4v) is 0.588. The first-order valence-electron chi connectivity index (χ1n) is 3.24. The third-order valence-electron chi connectivity index (χ3n) is 0.814. The molecule has 0 saturated carbocycles. The quantitative estimate of drug-likeness (QED) is 0.685. The summed E-state index contributed by atoms with van der Waals surface area (Å²) in [6.45, 7) is 4.00. The molecule has 0 radical (unpaired) electrons. The highest BCUT2D eigenvalue weighted by Gasteiger charge is 1.92. The van der Waals surface area contributed by atoms with Crippen LogP contribution in [-0.2, 0) is 0 Å². The van der Waals surface area contributed by atoms with E-state index in [1.165, 1.54) is 6.26 Å². The third kappa shape index (κ3) is 2.78. The molecule has 1 aromatic heterocycles. The Morgan fingerprint density at radius 1 is 1.50 bits per heavy atom. The summed E-state index contributed by atoms with van der Waals surface area (Å²) in [6.07, 6.45) is 1.48. The van der Waals surface area contributed by atoms with Crippen LogP contribution < -0.4 is 5.32 Å². The number of furan rings is 1. The van der Waals surface area contributed by atoms with Crippen LogP contribution in [0.5, 0.6) is 0 Å². The lowest BCUT2D eigenvalue weighted by Gasteiger charge is -1.85. The minimum Gasteiger partial charge on any atom is -0.447 e. The van der Waals surface area contributed by atoms with E-state index in [9.17, 15) is 0 Å². The molecule has 1 N–H and O–H groups in total. The monoisotopic (exact) mass is 161 g/mol. The van der Waals surface area contributed by atoms with Crippen molar-refractivity contribution in [1.29, 1.82) is 0 Å². The maximum atomic E-state index is 5.51. The van der Waals surface area contributed by atoms with E-state index in [2.05, 4.69) is 5.32 Å². The van der Waals surface area contributed by atoms with Gasteiger partial charge in [-0.3, -0.25) is 0 Å². The van der Waals surface area contributed by atoms with Crippen molar-refractivity contribution >= 4 is 17.5 Å². The first-order valence-corrected chi connectivity index (χ1v) is 3.62. The molecule has 0 bridgehead atoms. The standard InChI is InChI=1S/C5H6ClNO.C2H6/c1-7-5-2-4(6)3-8-5;1-2/h2-3,7H,1H3;1-2H3. The minimum absolute atomic E-state index is 0.620. The van der Waals surface area contributed by atoms with E-state index < -0.39 is 0 Å². The fourth-order valence-electron chi connectivity index (χ4n) is 0.444. The second kappa shape index (κ2) is 5.18. The Morgan fingerprint density at radius 3 is 2.30 bits per heavy atom. The van der Waals surface area contributed by atoms with Crippen LogP contribution in [0.25, 0.3) is 0 Å². The lowest BCUT2D eigenvalue weighted by atomic mass is 10.6. The van der Waals surface area contributed by atoms with E-state index in [-0.39, 0.29) is 0 Å². The Hall–Kier alpha value is -0.630. The third-order valence-corrected chi connectivity index (χ3v) is 1.01. The van der Waals surface area contributed by atoms with Gasteiger partial charge in [-0.2, -0.15) is 0 Å². The zero-order valence-electron chi connectivity index (χ0n) is 6.44. The molecule has 0 aliphatic rings. The Balaban J connectivity index is 0.000000371. The van der Waals surface area contributed by atoms with Crippen LogP contribution in [0.3, 0.4) is 0 Å². The topological polar surface area (TPSA) is 25.2 Å². The Labute approximate surface area is 66.2 Å². The van der Waals surface area contributed by atoms with Crippen LogP contribution >= 0.6 is 11.6 Å². The molecule has 58 valence electrons. The van der Waals surface area contributed by atoms with Gasteiger partial charge in [0, 0.05) is 13.1 Å². The van der Waals surface area contributed by atoms with Crippen LogP contribution in [0.4, 0.5) is 5.88 Å². The first-order chi connectivity index (χ1) is 4.83. The number of hydrogen-bond donors (Lipinski definition) is 1. The maximum Gasteiger partial charge on any atom is 0.193 e. The van der Waals surface area contributed by atoms with Gasteiger partial charge in [-0.1, -0.05) is 25.4 Å². The van der Waals surface area contributed by atoms with Crippen molar-refractivity contribution in [1.82, 2.24) is 0 Å². The molecule has 0 saturated heterocycles. The first kappa shape index (κ1) is 9.37. The maximum absolute atomic E-state index is 5.51. The van der Waals surface area contributed by atoms with E-state index in [0.29, 0.717) is 10.9 Å². The molecule has 0 aliphatic heterocycles. The second-order valence-corrected chi connectivity index (χ2v) is 1.82. The predicted molar refractivity (Wildman–Crippen MR) is 44.6 cm³/mol. The highest BCUT2D eigenvalue weighted by molar-refractivity contribution is 6.30. The van der Waals surface area contributed by atoms with Crippen LogP contribution in [0.15, 0.2) is 16.7 Å². The zero-order chi connectivity index (χ0) is 7.98. The molecule has 0 atom stereocenters. The average Bonchev–Trinajstić information content (AvgIpc) is 2.40. The summed E-state index contributed by atoms with van der Waals surface area (Å²) in [5.41, 5.74) is 0. The number of rotatable bonds is 1. The lowest BCUT2D eigenvalue weighted by molar-refractivity contribution is 0.583. The van der Waals surface area contributed by atoms with Gasteiger partial charge in [-0.25, -0.2) is 0 Å². The van der Waals surface area contributed by atoms with Crippen molar-refractivity contribution in [3.63, 3.8) is 0 Å². The molecule has 1 heterocycles. The molecular weight excluding hydrogens is 150 g/mol. The molecule has 10 heavy (non-hydrogen) atoms. The van der Waals surface area contributed by atoms with Crippen molar-refractivity contribution in [2.24, 2.45) is 0 Å². The molecule has 0 aromatic carbocycles. The number of nitrogens with one attached hydrogen (secondary N) is 1. The average molecular weight is 162 g/mol.